The summed E-state index contributed by atoms with van der Waals surface area (Å²) in [6.45, 7) is 4.19. The molecule has 1 aliphatic heterocycles. The number of amides is 1. The van der Waals surface area contributed by atoms with Gasteiger partial charge in [0, 0.05) is 31.0 Å². The maximum Gasteiger partial charge on any atom is 1.00 e. The molecule has 37 heavy (non-hydrogen) atoms. The minimum Gasteiger partial charge on any atom is -0.795 e. The number of nitrogens with zero attached hydrogens (tertiary/aromatic N) is 3. The maximum absolute atomic E-state index is 12.7. The number of hydrogen-bond acceptors (Lipinski definition) is 9. The molecule has 9 nitrogen and oxygen atoms in total. The van der Waals surface area contributed by atoms with Gasteiger partial charge in [-0.1, -0.05) is 12.1 Å². The molecule has 1 amide bonds. The summed E-state index contributed by atoms with van der Waals surface area (Å²) < 4.78 is 28.4. The van der Waals surface area contributed by atoms with Gasteiger partial charge in [-0.3, -0.25) is 4.79 Å². The third kappa shape index (κ3) is 7.75. The summed E-state index contributed by atoms with van der Waals surface area (Å²) in [4.78, 5) is 24.1. The van der Waals surface area contributed by atoms with Crippen molar-refractivity contribution in [2.45, 2.75) is 37.3 Å². The van der Waals surface area contributed by atoms with Crippen LogP contribution in [0.15, 0.2) is 59.8 Å². The van der Waals surface area contributed by atoms with E-state index in [-0.39, 0.29) is 48.1 Å². The molecule has 0 radical (unpaired) electrons. The summed E-state index contributed by atoms with van der Waals surface area (Å²) in [5.41, 5.74) is 1.07. The number of ether oxygens (including phenoxy) is 3. The first-order valence-electron chi connectivity index (χ1n) is 11.8. The second kappa shape index (κ2) is 14.4. The molecule has 2 heterocycles. The molecule has 1 aromatic heterocycles. The molecule has 1 aliphatic rings. The number of methoxy groups -OCH3 is 1. The smallest absolute Gasteiger partial charge is 0.795 e. The Bertz CT molecular complexity index is 1170. The van der Waals surface area contributed by atoms with E-state index in [0.717, 1.165) is 36.4 Å². The van der Waals surface area contributed by atoms with E-state index < -0.39 is 0 Å². The number of nitrogens with one attached hydrogen (secondary N) is 1. The molecule has 0 saturated carbocycles. The zero-order valence-corrected chi connectivity index (χ0v) is 24.1. The number of carbonyl (C=O) groups excluding carboxylic acids is 1. The predicted octanol–water partition coefficient (Wildman–Crippen LogP) is 1.09. The Hall–Kier alpha value is -2.50. The molecule has 0 spiro atoms. The van der Waals surface area contributed by atoms with Gasteiger partial charge in [-0.2, -0.15) is 0 Å². The van der Waals surface area contributed by atoms with Crippen molar-refractivity contribution in [3.8, 4) is 17.2 Å². The topological polar surface area (TPSA) is 109 Å². The molecule has 1 N–H and O–H groups in total. The van der Waals surface area contributed by atoms with Crippen LogP contribution in [0, 0.1) is 0 Å². The number of rotatable bonds is 10. The molecular weight excluding hydrogens is 503 g/mol. The van der Waals surface area contributed by atoms with Crippen molar-refractivity contribution < 1.29 is 53.1 Å². The van der Waals surface area contributed by atoms with Gasteiger partial charge < -0.3 is 29.0 Å². The van der Waals surface area contributed by atoms with Gasteiger partial charge in [0.15, 0.2) is 11.5 Å². The van der Waals surface area contributed by atoms with Crippen LogP contribution in [0.25, 0.3) is 0 Å². The van der Waals surface area contributed by atoms with Crippen molar-refractivity contribution in [2.24, 2.45) is 0 Å². The fourth-order valence-corrected chi connectivity index (χ4v) is 4.36. The standard InChI is InChI=1S/C26H30N4O5S.Na/c1-3-34-23-8-4-5-9-24(23)35-20-7-6-12-30(17-20)26-28-15-19(16-29-26)25(31)27-14-18-13-21(36-32)10-11-22(18)33-2;/h4-5,8-11,13,15-16,20,32H,3,6-7,12,14,17H2,1-2H3,(H,27,31);/q;+1/p-1. The molecule has 11 heteroatoms. The number of anilines is 1. The average Bonchev–Trinajstić information content (AvgIpc) is 2.93. The van der Waals surface area contributed by atoms with Gasteiger partial charge in [-0.25, -0.2) is 22.0 Å². The van der Waals surface area contributed by atoms with Crippen molar-refractivity contribution in [3.63, 3.8) is 0 Å². The van der Waals surface area contributed by atoms with Crippen LogP contribution in [0.3, 0.4) is 0 Å². The molecule has 1 saturated heterocycles. The summed E-state index contributed by atoms with van der Waals surface area (Å²) >= 11 is 0.393. The Morgan fingerprint density at radius 2 is 1.92 bits per heavy atom. The third-order valence-electron chi connectivity index (χ3n) is 5.79. The van der Waals surface area contributed by atoms with Crippen LogP contribution in [0.5, 0.6) is 17.2 Å². The minimum atomic E-state index is -0.309. The van der Waals surface area contributed by atoms with Crippen molar-refractivity contribution >= 4 is 23.9 Å². The van der Waals surface area contributed by atoms with Crippen LogP contribution < -0.4 is 54.0 Å². The number of para-hydroxylation sites is 2. The summed E-state index contributed by atoms with van der Waals surface area (Å²) in [5, 5.41) is 2.83. The van der Waals surface area contributed by atoms with Crippen LogP contribution >= 0.6 is 12.0 Å². The molecule has 4 rings (SSSR count). The van der Waals surface area contributed by atoms with E-state index in [1.807, 2.05) is 31.2 Å². The Balaban J connectivity index is 0.00000380. The Kier molecular flexibility index (Phi) is 11.3. The minimum absolute atomic E-state index is 0. The molecule has 1 atom stereocenters. The SMILES string of the molecule is CCOc1ccccc1OC1CCCN(c2ncc(C(=O)NCc3cc(S[O-])ccc3OC)cn2)C1.[Na+]. The summed E-state index contributed by atoms with van der Waals surface area (Å²) in [6, 6.07) is 12.8. The zero-order chi connectivity index (χ0) is 25.3. The number of carbonyl (C=O) groups is 1. The van der Waals surface area contributed by atoms with Gasteiger partial charge in [0.2, 0.25) is 5.95 Å². The van der Waals surface area contributed by atoms with Gasteiger partial charge in [0.05, 0.1) is 25.8 Å². The van der Waals surface area contributed by atoms with E-state index in [4.69, 9.17) is 14.2 Å². The first kappa shape index (κ1) is 29.1. The van der Waals surface area contributed by atoms with Crippen LogP contribution in [0.4, 0.5) is 5.95 Å². The number of benzene rings is 2. The summed E-state index contributed by atoms with van der Waals surface area (Å²) in [6.07, 6.45) is 4.88. The van der Waals surface area contributed by atoms with Gasteiger partial charge >= 0.3 is 29.6 Å². The maximum atomic E-state index is 12.7. The number of piperidine rings is 1. The summed E-state index contributed by atoms with van der Waals surface area (Å²) in [5.74, 6) is 2.32. The Morgan fingerprint density at radius 3 is 2.62 bits per heavy atom. The average molecular weight is 533 g/mol. The second-order valence-corrected chi connectivity index (χ2v) is 8.86. The zero-order valence-electron chi connectivity index (χ0n) is 21.3. The van der Waals surface area contributed by atoms with Crippen LogP contribution in [0.2, 0.25) is 0 Å². The van der Waals surface area contributed by atoms with Gasteiger partial charge in [0.1, 0.15) is 11.9 Å². The fourth-order valence-electron chi connectivity index (χ4n) is 4.04. The van der Waals surface area contributed by atoms with Gasteiger partial charge in [-0.15, -0.1) is 0 Å². The molecule has 2 aromatic carbocycles. The van der Waals surface area contributed by atoms with E-state index in [9.17, 15) is 9.35 Å². The monoisotopic (exact) mass is 532 g/mol. The first-order valence-corrected chi connectivity index (χ1v) is 12.6. The van der Waals surface area contributed by atoms with Gasteiger partial charge in [-0.05, 0) is 55.0 Å². The van der Waals surface area contributed by atoms with Gasteiger partial charge in [0.25, 0.3) is 5.91 Å². The van der Waals surface area contributed by atoms with Crippen LogP contribution in [-0.4, -0.2) is 53.3 Å². The Labute approximate surface area is 243 Å². The second-order valence-electron chi connectivity index (χ2n) is 8.22. The van der Waals surface area contributed by atoms with Crippen molar-refractivity contribution in [2.75, 3.05) is 31.7 Å². The quantitative estimate of drug-likeness (QED) is 0.303. The van der Waals surface area contributed by atoms with Crippen molar-refractivity contribution in [1.29, 1.82) is 0 Å². The molecular formula is C26H29N4NaO5S. The number of aromatic nitrogens is 2. The molecule has 1 fully saturated rings. The normalized spacial score (nSPS) is 14.9. The third-order valence-corrected chi connectivity index (χ3v) is 6.24. The molecule has 3 aromatic rings. The fraction of sp³-hybridized carbons (Fsp3) is 0.346. The molecule has 0 aliphatic carbocycles. The Morgan fingerprint density at radius 1 is 1.16 bits per heavy atom. The van der Waals surface area contributed by atoms with Crippen molar-refractivity contribution in [3.05, 3.63) is 66.0 Å². The number of hydrogen-bond donors (Lipinski definition) is 1. The summed E-state index contributed by atoms with van der Waals surface area (Å²) in [7, 11) is 1.55. The van der Waals surface area contributed by atoms with E-state index in [1.54, 1.807) is 25.3 Å². The van der Waals surface area contributed by atoms with E-state index in [0.29, 0.717) is 47.4 Å². The predicted molar refractivity (Wildman–Crippen MR) is 136 cm³/mol. The molecule has 0 bridgehead atoms. The van der Waals surface area contributed by atoms with Crippen LogP contribution in [-0.2, 0) is 6.54 Å². The van der Waals surface area contributed by atoms with Crippen LogP contribution in [0.1, 0.15) is 35.7 Å². The van der Waals surface area contributed by atoms with E-state index in [1.165, 1.54) is 12.4 Å². The molecule has 1 unspecified atom stereocenters. The first-order chi connectivity index (χ1) is 17.6. The van der Waals surface area contributed by atoms with E-state index >= 15 is 0 Å². The van der Waals surface area contributed by atoms with Crippen molar-refractivity contribution in [1.82, 2.24) is 15.3 Å². The largest absolute Gasteiger partial charge is 1.00 e. The molecule has 190 valence electrons. The van der Waals surface area contributed by atoms with E-state index in [2.05, 4.69) is 20.2 Å².